The van der Waals surface area contributed by atoms with Gasteiger partial charge in [0.1, 0.15) is 0 Å². The van der Waals surface area contributed by atoms with E-state index in [1.807, 2.05) is 5.38 Å². The molecule has 0 radical (unpaired) electrons. The number of aromatic nitrogens is 1. The van der Waals surface area contributed by atoms with Gasteiger partial charge in [0.2, 0.25) is 5.91 Å². The van der Waals surface area contributed by atoms with Gasteiger partial charge in [0, 0.05) is 36.1 Å². The fourth-order valence-corrected chi connectivity index (χ4v) is 4.19. The monoisotopic (exact) mass is 386 g/mol. The first-order valence-electron chi connectivity index (χ1n) is 9.72. The van der Waals surface area contributed by atoms with Gasteiger partial charge in [-0.25, -0.2) is 4.98 Å². The lowest BCUT2D eigenvalue weighted by molar-refractivity contribution is -0.117. The van der Waals surface area contributed by atoms with Crippen molar-refractivity contribution in [1.82, 2.24) is 15.2 Å². The summed E-state index contributed by atoms with van der Waals surface area (Å²) in [5, 5.41) is 9.22. The van der Waals surface area contributed by atoms with Crippen LogP contribution < -0.4 is 10.6 Å². The predicted molar refractivity (Wildman–Crippen MR) is 113 cm³/mol. The maximum Gasteiger partial charge on any atom is 0.240 e. The van der Waals surface area contributed by atoms with Crippen LogP contribution in [0.25, 0.3) is 11.3 Å². The summed E-state index contributed by atoms with van der Waals surface area (Å²) in [6.45, 7) is 10.9. The smallest absolute Gasteiger partial charge is 0.240 e. The van der Waals surface area contributed by atoms with Crippen molar-refractivity contribution in [3.63, 3.8) is 0 Å². The topological polar surface area (TPSA) is 57.3 Å². The molecule has 146 valence electrons. The number of hydrogen-bond donors (Lipinski definition) is 2. The van der Waals surface area contributed by atoms with Crippen molar-refractivity contribution in [3.05, 3.63) is 34.7 Å². The first-order chi connectivity index (χ1) is 12.9. The molecule has 0 aliphatic carbocycles. The number of nitrogens with one attached hydrogen (secondary N) is 2. The van der Waals surface area contributed by atoms with Crippen molar-refractivity contribution < 1.29 is 4.79 Å². The van der Waals surface area contributed by atoms with Crippen molar-refractivity contribution in [2.75, 3.05) is 25.0 Å². The molecule has 0 spiro atoms. The number of anilines is 1. The summed E-state index contributed by atoms with van der Waals surface area (Å²) in [6, 6.07) is 7.43. The van der Waals surface area contributed by atoms with Gasteiger partial charge >= 0.3 is 0 Å². The lowest BCUT2D eigenvalue weighted by Crippen LogP contribution is -2.46. The summed E-state index contributed by atoms with van der Waals surface area (Å²) < 4.78 is 0. The second-order valence-electron chi connectivity index (χ2n) is 7.76. The van der Waals surface area contributed by atoms with E-state index in [4.69, 9.17) is 0 Å². The zero-order chi connectivity index (χ0) is 19.4. The third-order valence-corrected chi connectivity index (χ3v) is 5.83. The van der Waals surface area contributed by atoms with Crippen LogP contribution in [0.1, 0.15) is 37.8 Å². The van der Waals surface area contributed by atoms with E-state index < -0.39 is 0 Å². The number of rotatable bonds is 6. The van der Waals surface area contributed by atoms with Crippen LogP contribution in [0.4, 0.5) is 5.13 Å². The Bertz CT molecular complexity index is 778. The number of benzene rings is 1. The molecule has 5 nitrogen and oxygen atoms in total. The summed E-state index contributed by atoms with van der Waals surface area (Å²) in [4.78, 5) is 19.2. The highest BCUT2D eigenvalue weighted by Gasteiger charge is 2.21. The van der Waals surface area contributed by atoms with Crippen molar-refractivity contribution in [1.29, 1.82) is 0 Å². The van der Waals surface area contributed by atoms with E-state index in [1.54, 1.807) is 0 Å². The number of piperidine rings is 1. The first-order valence-corrected chi connectivity index (χ1v) is 10.6. The lowest BCUT2D eigenvalue weighted by Gasteiger charge is -2.32. The van der Waals surface area contributed by atoms with Gasteiger partial charge in [0.05, 0.1) is 12.2 Å². The molecule has 6 heteroatoms. The molecule has 0 bridgehead atoms. The van der Waals surface area contributed by atoms with Crippen LogP contribution in [0, 0.1) is 13.8 Å². The third kappa shape index (κ3) is 5.61. The zero-order valence-corrected chi connectivity index (χ0v) is 17.5. The average Bonchev–Trinajstić information content (AvgIpc) is 3.07. The van der Waals surface area contributed by atoms with Crippen LogP contribution in [0.15, 0.2) is 23.6 Å². The number of hydrogen-bond acceptors (Lipinski definition) is 5. The van der Waals surface area contributed by atoms with Gasteiger partial charge in [-0.1, -0.05) is 26.0 Å². The lowest BCUT2D eigenvalue weighted by atomic mass is 10.0. The van der Waals surface area contributed by atoms with E-state index in [2.05, 4.69) is 66.4 Å². The Morgan fingerprint density at radius 3 is 2.67 bits per heavy atom. The van der Waals surface area contributed by atoms with Gasteiger partial charge < -0.3 is 10.6 Å². The van der Waals surface area contributed by atoms with Gasteiger partial charge in [-0.3, -0.25) is 9.69 Å². The number of carbonyl (C=O) groups excluding carboxylic acids is 1. The molecule has 1 aromatic carbocycles. The van der Waals surface area contributed by atoms with E-state index in [-0.39, 0.29) is 5.91 Å². The number of thiazole rings is 1. The maximum atomic E-state index is 12.4. The van der Waals surface area contributed by atoms with Crippen molar-refractivity contribution in [2.45, 2.75) is 52.6 Å². The molecule has 1 aliphatic rings. The summed E-state index contributed by atoms with van der Waals surface area (Å²) in [5.74, 6) is 0.0197. The molecule has 1 saturated heterocycles. The Balaban J connectivity index is 1.50. The standard InChI is InChI=1S/C21H30N4OS/c1-14(2)22-18-7-9-25(10-8-18)12-20(26)24-21-23-19(13-27-21)17-6-5-15(3)16(4)11-17/h5-6,11,13-14,18,22H,7-10,12H2,1-4H3,(H,23,24,26). The minimum absolute atomic E-state index is 0.0197. The van der Waals surface area contributed by atoms with E-state index in [0.29, 0.717) is 23.8 Å². The van der Waals surface area contributed by atoms with Gasteiger partial charge in [-0.05, 0) is 43.9 Å². The SMILES string of the molecule is Cc1ccc(-c2csc(NC(=O)CN3CCC(NC(C)C)CC3)n2)cc1C. The van der Waals surface area contributed by atoms with E-state index in [0.717, 1.165) is 37.2 Å². The highest BCUT2D eigenvalue weighted by Crippen LogP contribution is 2.26. The van der Waals surface area contributed by atoms with E-state index in [9.17, 15) is 4.79 Å². The van der Waals surface area contributed by atoms with Gasteiger partial charge in [-0.2, -0.15) is 0 Å². The van der Waals surface area contributed by atoms with Crippen LogP contribution in [0.3, 0.4) is 0 Å². The van der Waals surface area contributed by atoms with Crippen LogP contribution in [-0.4, -0.2) is 47.5 Å². The predicted octanol–water partition coefficient (Wildman–Crippen LogP) is 3.83. The minimum Gasteiger partial charge on any atom is -0.312 e. The molecule has 0 saturated carbocycles. The van der Waals surface area contributed by atoms with E-state index in [1.165, 1.54) is 22.5 Å². The number of likely N-dealkylation sites (tertiary alicyclic amines) is 1. The van der Waals surface area contributed by atoms with Crippen LogP contribution in [-0.2, 0) is 4.79 Å². The van der Waals surface area contributed by atoms with Gasteiger partial charge in [0.15, 0.2) is 5.13 Å². The highest BCUT2D eigenvalue weighted by atomic mass is 32.1. The molecule has 0 unspecified atom stereocenters. The average molecular weight is 387 g/mol. The molecule has 27 heavy (non-hydrogen) atoms. The molecule has 3 rings (SSSR count). The largest absolute Gasteiger partial charge is 0.312 e. The summed E-state index contributed by atoms with van der Waals surface area (Å²) in [5.41, 5.74) is 4.53. The quantitative estimate of drug-likeness (QED) is 0.792. The van der Waals surface area contributed by atoms with Crippen LogP contribution in [0.2, 0.25) is 0 Å². The van der Waals surface area contributed by atoms with Crippen molar-refractivity contribution >= 4 is 22.4 Å². The second kappa shape index (κ2) is 8.95. The van der Waals surface area contributed by atoms with Crippen LogP contribution in [0.5, 0.6) is 0 Å². The van der Waals surface area contributed by atoms with Gasteiger partial charge in [0.25, 0.3) is 0 Å². The summed E-state index contributed by atoms with van der Waals surface area (Å²) in [7, 11) is 0. The Morgan fingerprint density at radius 1 is 1.26 bits per heavy atom. The maximum absolute atomic E-state index is 12.4. The van der Waals surface area contributed by atoms with Crippen molar-refractivity contribution in [2.24, 2.45) is 0 Å². The Morgan fingerprint density at radius 2 is 2.00 bits per heavy atom. The molecule has 1 aliphatic heterocycles. The number of nitrogens with zero attached hydrogens (tertiary/aromatic N) is 2. The molecular formula is C21H30N4OS. The Kier molecular flexibility index (Phi) is 6.63. The molecule has 2 N–H and O–H groups in total. The third-order valence-electron chi connectivity index (χ3n) is 5.08. The summed E-state index contributed by atoms with van der Waals surface area (Å²) >= 11 is 1.48. The molecular weight excluding hydrogens is 356 g/mol. The van der Waals surface area contributed by atoms with E-state index >= 15 is 0 Å². The zero-order valence-electron chi connectivity index (χ0n) is 16.7. The fraction of sp³-hybridized carbons (Fsp3) is 0.524. The second-order valence-corrected chi connectivity index (χ2v) is 8.62. The Labute approximate surface area is 166 Å². The number of amides is 1. The first kappa shape index (κ1) is 20.0. The van der Waals surface area contributed by atoms with Crippen LogP contribution >= 0.6 is 11.3 Å². The normalized spacial score (nSPS) is 16.0. The van der Waals surface area contributed by atoms with Crippen molar-refractivity contribution in [3.8, 4) is 11.3 Å². The number of aryl methyl sites for hydroxylation is 2. The highest BCUT2D eigenvalue weighted by molar-refractivity contribution is 7.14. The molecule has 1 aromatic heterocycles. The molecule has 2 heterocycles. The minimum atomic E-state index is 0.0197. The Hall–Kier alpha value is -1.76. The fourth-order valence-electron chi connectivity index (χ4n) is 3.46. The van der Waals surface area contributed by atoms with Gasteiger partial charge in [-0.15, -0.1) is 11.3 Å². The molecule has 0 atom stereocenters. The summed E-state index contributed by atoms with van der Waals surface area (Å²) in [6.07, 6.45) is 2.19. The molecule has 1 amide bonds. The number of carbonyl (C=O) groups is 1. The molecule has 2 aromatic rings. The molecule has 1 fully saturated rings.